The van der Waals surface area contributed by atoms with Gasteiger partial charge in [-0.1, -0.05) is 30.6 Å². The summed E-state index contributed by atoms with van der Waals surface area (Å²) in [7, 11) is 0. The number of hydrogen-bond acceptors (Lipinski definition) is 3. The van der Waals surface area contributed by atoms with E-state index >= 15 is 0 Å². The first-order valence-electron chi connectivity index (χ1n) is 6.18. The van der Waals surface area contributed by atoms with Crippen LogP contribution in [0, 0.1) is 11.7 Å². The van der Waals surface area contributed by atoms with Crippen LogP contribution in [-0.4, -0.2) is 11.7 Å². The van der Waals surface area contributed by atoms with E-state index in [1.54, 1.807) is 6.07 Å². The largest absolute Gasteiger partial charge is 0.356 e. The summed E-state index contributed by atoms with van der Waals surface area (Å²) in [5.41, 5.74) is 1.45. The molecule has 1 aromatic heterocycles. The molecule has 1 N–H and O–H groups in total. The molecule has 0 aliphatic heterocycles. The highest BCUT2D eigenvalue weighted by Crippen LogP contribution is 2.28. The number of nitrogens with zero attached hydrogens (tertiary/aromatic N) is 1. The summed E-state index contributed by atoms with van der Waals surface area (Å²) in [5, 5.41) is 7.55. The summed E-state index contributed by atoms with van der Waals surface area (Å²) in [6, 6.07) is 6.01. The smallest absolute Gasteiger partial charge is 0.168 e. The molecule has 0 unspecified atom stereocenters. The molecule has 0 radical (unpaired) electrons. The van der Waals surface area contributed by atoms with Gasteiger partial charge in [0.05, 0.1) is 10.7 Å². The van der Waals surface area contributed by atoms with Crippen molar-refractivity contribution in [3.63, 3.8) is 0 Å². The predicted molar refractivity (Wildman–Crippen MR) is 73.5 cm³/mol. The summed E-state index contributed by atoms with van der Waals surface area (Å²) in [6.45, 7) is 5.83. The molecule has 19 heavy (non-hydrogen) atoms. The standard InChI is InChI=1S/C14H16ClFN2O/c1-9(2)7-17-8-11-6-14(19-18-11)12-4-3-10(16)5-13(12)15/h3-6,9,17H,7-8H2,1-2H3. The molecular weight excluding hydrogens is 267 g/mol. The molecule has 0 aliphatic rings. The molecule has 3 nitrogen and oxygen atoms in total. The van der Waals surface area contributed by atoms with Gasteiger partial charge in [-0.2, -0.15) is 0 Å². The maximum Gasteiger partial charge on any atom is 0.168 e. The van der Waals surface area contributed by atoms with E-state index in [-0.39, 0.29) is 5.82 Å². The SMILES string of the molecule is CC(C)CNCc1cc(-c2ccc(F)cc2Cl)on1. The highest BCUT2D eigenvalue weighted by Gasteiger charge is 2.11. The first kappa shape index (κ1) is 14.0. The fraction of sp³-hybridized carbons (Fsp3) is 0.357. The van der Waals surface area contributed by atoms with E-state index in [4.69, 9.17) is 16.1 Å². The van der Waals surface area contributed by atoms with E-state index in [0.29, 0.717) is 28.8 Å². The Morgan fingerprint density at radius 1 is 1.37 bits per heavy atom. The molecular formula is C14H16ClFN2O. The number of halogens is 2. The monoisotopic (exact) mass is 282 g/mol. The maximum absolute atomic E-state index is 13.0. The van der Waals surface area contributed by atoms with Crippen molar-refractivity contribution in [2.75, 3.05) is 6.54 Å². The topological polar surface area (TPSA) is 38.1 Å². The van der Waals surface area contributed by atoms with E-state index in [1.807, 2.05) is 6.07 Å². The van der Waals surface area contributed by atoms with Gasteiger partial charge in [0, 0.05) is 18.2 Å². The fourth-order valence-corrected chi connectivity index (χ4v) is 1.96. The van der Waals surface area contributed by atoms with Crippen LogP contribution >= 0.6 is 11.6 Å². The third kappa shape index (κ3) is 3.78. The molecule has 0 bridgehead atoms. The van der Waals surface area contributed by atoms with Crippen molar-refractivity contribution in [1.82, 2.24) is 10.5 Å². The summed E-state index contributed by atoms with van der Waals surface area (Å²) in [5.74, 6) is 0.761. The Morgan fingerprint density at radius 2 is 2.16 bits per heavy atom. The lowest BCUT2D eigenvalue weighted by Gasteiger charge is -2.04. The van der Waals surface area contributed by atoms with Crippen LogP contribution in [0.4, 0.5) is 4.39 Å². The van der Waals surface area contributed by atoms with Crippen LogP contribution in [0.15, 0.2) is 28.8 Å². The number of benzene rings is 1. The Labute approximate surface area is 116 Å². The van der Waals surface area contributed by atoms with Gasteiger partial charge < -0.3 is 9.84 Å². The number of nitrogens with one attached hydrogen (secondary N) is 1. The normalized spacial score (nSPS) is 11.2. The molecule has 0 aliphatic carbocycles. The Hall–Kier alpha value is -1.39. The summed E-state index contributed by atoms with van der Waals surface area (Å²) >= 11 is 5.98. The summed E-state index contributed by atoms with van der Waals surface area (Å²) < 4.78 is 18.2. The van der Waals surface area contributed by atoms with Gasteiger partial charge in [-0.25, -0.2) is 4.39 Å². The number of rotatable bonds is 5. The Morgan fingerprint density at radius 3 is 2.84 bits per heavy atom. The Kier molecular flexibility index (Phi) is 4.56. The molecule has 0 saturated heterocycles. The van der Waals surface area contributed by atoms with Gasteiger partial charge in [0.1, 0.15) is 5.82 Å². The van der Waals surface area contributed by atoms with Crippen LogP contribution in [0.5, 0.6) is 0 Å². The Bertz CT molecular complexity index is 554. The zero-order valence-electron chi connectivity index (χ0n) is 10.9. The lowest BCUT2D eigenvalue weighted by atomic mass is 10.1. The van der Waals surface area contributed by atoms with Crippen LogP contribution in [-0.2, 0) is 6.54 Å². The van der Waals surface area contributed by atoms with Crippen molar-refractivity contribution in [3.05, 3.63) is 40.8 Å². The summed E-state index contributed by atoms with van der Waals surface area (Å²) in [6.07, 6.45) is 0. The van der Waals surface area contributed by atoms with E-state index in [9.17, 15) is 4.39 Å². The van der Waals surface area contributed by atoms with Crippen LogP contribution in [0.25, 0.3) is 11.3 Å². The van der Waals surface area contributed by atoms with Gasteiger partial charge in [-0.05, 0) is 30.7 Å². The zero-order chi connectivity index (χ0) is 13.8. The molecule has 2 rings (SSSR count). The van der Waals surface area contributed by atoms with Gasteiger partial charge in [0.25, 0.3) is 0 Å². The van der Waals surface area contributed by atoms with Crippen LogP contribution < -0.4 is 5.32 Å². The van der Waals surface area contributed by atoms with Crippen molar-refractivity contribution in [2.24, 2.45) is 5.92 Å². The first-order valence-corrected chi connectivity index (χ1v) is 6.56. The third-order valence-corrected chi connectivity index (χ3v) is 2.93. The fourth-order valence-electron chi connectivity index (χ4n) is 1.70. The minimum atomic E-state index is -0.368. The van der Waals surface area contributed by atoms with E-state index in [1.165, 1.54) is 12.1 Å². The molecule has 2 aromatic rings. The molecule has 0 amide bonds. The molecule has 5 heteroatoms. The van der Waals surface area contributed by atoms with Crippen molar-refractivity contribution in [3.8, 4) is 11.3 Å². The Balaban J connectivity index is 2.08. The van der Waals surface area contributed by atoms with Gasteiger partial charge in [0.15, 0.2) is 5.76 Å². The first-order chi connectivity index (χ1) is 9.06. The van der Waals surface area contributed by atoms with Crippen LogP contribution in [0.1, 0.15) is 19.5 Å². The highest BCUT2D eigenvalue weighted by molar-refractivity contribution is 6.33. The van der Waals surface area contributed by atoms with Crippen LogP contribution in [0.3, 0.4) is 0 Å². The van der Waals surface area contributed by atoms with Gasteiger partial charge in [-0.15, -0.1) is 0 Å². The van der Waals surface area contributed by atoms with Gasteiger partial charge in [-0.3, -0.25) is 0 Å². The molecule has 102 valence electrons. The molecule has 0 saturated carbocycles. The molecule has 1 heterocycles. The van der Waals surface area contributed by atoms with Crippen molar-refractivity contribution < 1.29 is 8.91 Å². The van der Waals surface area contributed by atoms with Gasteiger partial charge >= 0.3 is 0 Å². The lowest BCUT2D eigenvalue weighted by Crippen LogP contribution is -2.18. The average Bonchev–Trinajstić information content (AvgIpc) is 2.77. The zero-order valence-corrected chi connectivity index (χ0v) is 11.7. The van der Waals surface area contributed by atoms with E-state index < -0.39 is 0 Å². The second-order valence-electron chi connectivity index (χ2n) is 4.83. The number of aromatic nitrogens is 1. The maximum atomic E-state index is 13.0. The molecule has 0 spiro atoms. The third-order valence-electron chi connectivity index (χ3n) is 2.61. The van der Waals surface area contributed by atoms with Crippen molar-refractivity contribution in [2.45, 2.75) is 20.4 Å². The quantitative estimate of drug-likeness (QED) is 0.904. The summed E-state index contributed by atoms with van der Waals surface area (Å²) in [4.78, 5) is 0. The predicted octanol–water partition coefficient (Wildman–Crippen LogP) is 3.88. The molecule has 0 fully saturated rings. The van der Waals surface area contributed by atoms with Crippen molar-refractivity contribution in [1.29, 1.82) is 0 Å². The second kappa shape index (κ2) is 6.17. The number of hydrogen-bond donors (Lipinski definition) is 1. The highest BCUT2D eigenvalue weighted by atomic mass is 35.5. The van der Waals surface area contributed by atoms with Crippen LogP contribution in [0.2, 0.25) is 5.02 Å². The van der Waals surface area contributed by atoms with E-state index in [0.717, 1.165) is 12.2 Å². The van der Waals surface area contributed by atoms with Gasteiger partial charge in [0.2, 0.25) is 0 Å². The minimum absolute atomic E-state index is 0.317. The van der Waals surface area contributed by atoms with E-state index in [2.05, 4.69) is 24.3 Å². The van der Waals surface area contributed by atoms with Crippen molar-refractivity contribution >= 4 is 11.6 Å². The molecule has 0 atom stereocenters. The minimum Gasteiger partial charge on any atom is -0.356 e. The average molecular weight is 283 g/mol. The second-order valence-corrected chi connectivity index (χ2v) is 5.24. The lowest BCUT2D eigenvalue weighted by molar-refractivity contribution is 0.418. The molecule has 1 aromatic carbocycles.